The molecule has 2 aliphatic rings. The van der Waals surface area contributed by atoms with Crippen molar-refractivity contribution in [3.05, 3.63) is 70.5 Å². The van der Waals surface area contributed by atoms with Crippen molar-refractivity contribution in [1.82, 2.24) is 9.88 Å². The van der Waals surface area contributed by atoms with E-state index in [0.29, 0.717) is 12.1 Å². The zero-order valence-electron chi connectivity index (χ0n) is 13.2. The summed E-state index contributed by atoms with van der Waals surface area (Å²) in [5.74, 6) is 0. The number of fused-ring (bicyclic) bond motifs is 2. The third kappa shape index (κ3) is 3.26. The molecule has 1 aromatic heterocycles. The fourth-order valence-electron chi connectivity index (χ4n) is 3.94. The van der Waals surface area contributed by atoms with Crippen molar-refractivity contribution in [2.24, 2.45) is 0 Å². The third-order valence-corrected chi connectivity index (χ3v) is 5.56. The third-order valence-electron chi connectivity index (χ3n) is 5.09. The van der Waals surface area contributed by atoms with Crippen LogP contribution in [0, 0.1) is 0 Å². The maximum atomic E-state index is 4.40. The minimum atomic E-state index is 0.571. The second-order valence-electron chi connectivity index (χ2n) is 6.58. The molecule has 3 heteroatoms. The molecular weight excluding hydrogens is 348 g/mol. The Balaban J connectivity index is 1.59. The van der Waals surface area contributed by atoms with Gasteiger partial charge in [-0.2, -0.15) is 0 Å². The Kier molecular flexibility index (Phi) is 4.32. The van der Waals surface area contributed by atoms with Gasteiger partial charge in [0.2, 0.25) is 0 Å². The van der Waals surface area contributed by atoms with Gasteiger partial charge in [0.15, 0.2) is 0 Å². The lowest BCUT2D eigenvalue weighted by Gasteiger charge is -2.45. The van der Waals surface area contributed by atoms with E-state index in [-0.39, 0.29) is 0 Å². The van der Waals surface area contributed by atoms with Gasteiger partial charge < -0.3 is 0 Å². The van der Waals surface area contributed by atoms with Gasteiger partial charge in [0.1, 0.15) is 4.60 Å². The van der Waals surface area contributed by atoms with Crippen LogP contribution in [0.15, 0.2) is 59.3 Å². The van der Waals surface area contributed by atoms with E-state index >= 15 is 0 Å². The molecule has 1 fully saturated rings. The Morgan fingerprint density at radius 2 is 1.96 bits per heavy atom. The lowest BCUT2D eigenvalue weighted by atomic mass is 9.83. The Morgan fingerprint density at radius 1 is 1.09 bits per heavy atom. The van der Waals surface area contributed by atoms with Crippen molar-refractivity contribution >= 4 is 21.5 Å². The van der Waals surface area contributed by atoms with E-state index in [2.05, 4.69) is 68.3 Å². The number of benzene rings is 1. The van der Waals surface area contributed by atoms with Crippen LogP contribution in [0.25, 0.3) is 5.57 Å². The van der Waals surface area contributed by atoms with Crippen LogP contribution >= 0.6 is 15.9 Å². The van der Waals surface area contributed by atoms with E-state index in [1.807, 2.05) is 12.3 Å². The first kappa shape index (κ1) is 15.1. The highest BCUT2D eigenvalue weighted by Gasteiger charge is 2.34. The molecule has 2 nitrogen and oxygen atoms in total. The first-order chi connectivity index (χ1) is 11.3. The van der Waals surface area contributed by atoms with E-state index in [1.54, 1.807) is 0 Å². The van der Waals surface area contributed by atoms with E-state index in [9.17, 15) is 0 Å². The van der Waals surface area contributed by atoms with Gasteiger partial charge in [-0.25, -0.2) is 4.98 Å². The maximum absolute atomic E-state index is 4.40. The van der Waals surface area contributed by atoms with Crippen molar-refractivity contribution in [1.29, 1.82) is 0 Å². The molecule has 4 rings (SSSR count). The van der Waals surface area contributed by atoms with Crippen molar-refractivity contribution in [2.45, 2.75) is 44.3 Å². The average molecular weight is 369 g/mol. The molecule has 0 N–H and O–H groups in total. The summed E-state index contributed by atoms with van der Waals surface area (Å²) in [5, 5.41) is 0. The molecule has 118 valence electrons. The SMILES string of the molecule is Brc1ccc(C2=CC3CCCC(C2)N3Cc2ccccc2)cn1. The quantitative estimate of drug-likeness (QED) is 0.704. The number of halogens is 1. The minimum Gasteiger partial charge on any atom is -0.289 e. The van der Waals surface area contributed by atoms with Crippen LogP contribution in [0.2, 0.25) is 0 Å². The van der Waals surface area contributed by atoms with Gasteiger partial charge in [-0.15, -0.1) is 0 Å². The van der Waals surface area contributed by atoms with Crippen LogP contribution < -0.4 is 0 Å². The van der Waals surface area contributed by atoms with E-state index in [4.69, 9.17) is 0 Å². The molecule has 0 saturated carbocycles. The van der Waals surface area contributed by atoms with Crippen LogP contribution in [0.3, 0.4) is 0 Å². The lowest BCUT2D eigenvalue weighted by Crippen LogP contribution is -2.47. The summed E-state index contributed by atoms with van der Waals surface area (Å²) in [6.07, 6.45) is 9.57. The van der Waals surface area contributed by atoms with Crippen molar-refractivity contribution in [3.8, 4) is 0 Å². The standard InChI is InChI=1S/C20H21BrN2/c21-20-10-9-16(13-22-20)17-11-18-7-4-8-19(12-17)23(18)14-15-5-2-1-3-6-15/h1-3,5-6,9-11,13,18-19H,4,7-8,12,14H2. The molecule has 0 radical (unpaired) electrons. The fraction of sp³-hybridized carbons (Fsp3) is 0.350. The predicted octanol–water partition coefficient (Wildman–Crippen LogP) is 5.05. The Morgan fingerprint density at radius 3 is 2.70 bits per heavy atom. The van der Waals surface area contributed by atoms with E-state index in [1.165, 1.54) is 36.0 Å². The largest absolute Gasteiger partial charge is 0.289 e. The second-order valence-corrected chi connectivity index (χ2v) is 7.39. The second kappa shape index (κ2) is 6.58. The number of rotatable bonds is 3. The van der Waals surface area contributed by atoms with Crippen LogP contribution in [-0.2, 0) is 6.54 Å². The van der Waals surface area contributed by atoms with Crippen LogP contribution in [0.4, 0.5) is 0 Å². The smallest absolute Gasteiger partial charge is 0.106 e. The number of pyridine rings is 1. The van der Waals surface area contributed by atoms with Gasteiger partial charge in [-0.1, -0.05) is 48.9 Å². The molecule has 2 bridgehead atoms. The Hall–Kier alpha value is -1.45. The van der Waals surface area contributed by atoms with Gasteiger partial charge in [0, 0.05) is 24.8 Å². The van der Waals surface area contributed by atoms with Crippen molar-refractivity contribution in [2.75, 3.05) is 0 Å². The molecule has 2 aromatic rings. The van der Waals surface area contributed by atoms with Crippen LogP contribution in [0.1, 0.15) is 36.8 Å². The topological polar surface area (TPSA) is 16.1 Å². The Bertz CT molecular complexity index is 693. The first-order valence-corrected chi connectivity index (χ1v) is 9.21. The monoisotopic (exact) mass is 368 g/mol. The lowest BCUT2D eigenvalue weighted by molar-refractivity contribution is 0.0951. The summed E-state index contributed by atoms with van der Waals surface area (Å²) in [4.78, 5) is 7.10. The number of hydrogen-bond donors (Lipinski definition) is 0. The number of nitrogens with zero attached hydrogens (tertiary/aromatic N) is 2. The average Bonchev–Trinajstić information content (AvgIpc) is 2.56. The molecule has 2 aliphatic heterocycles. The molecule has 0 amide bonds. The normalized spacial score (nSPS) is 24.3. The molecule has 0 aliphatic carbocycles. The highest BCUT2D eigenvalue weighted by atomic mass is 79.9. The van der Waals surface area contributed by atoms with E-state index in [0.717, 1.165) is 17.6 Å². The summed E-state index contributed by atoms with van der Waals surface area (Å²) >= 11 is 3.43. The predicted molar refractivity (Wildman–Crippen MR) is 97.9 cm³/mol. The zero-order chi connectivity index (χ0) is 15.6. The van der Waals surface area contributed by atoms with Gasteiger partial charge in [-0.3, -0.25) is 4.90 Å². The molecule has 3 heterocycles. The number of aromatic nitrogens is 1. The summed E-state index contributed by atoms with van der Waals surface area (Å²) in [7, 11) is 0. The fourth-order valence-corrected chi connectivity index (χ4v) is 4.17. The molecular formula is C20H21BrN2. The minimum absolute atomic E-state index is 0.571. The summed E-state index contributed by atoms with van der Waals surface area (Å²) < 4.78 is 0.906. The molecule has 23 heavy (non-hydrogen) atoms. The molecule has 0 spiro atoms. The van der Waals surface area contributed by atoms with Gasteiger partial charge in [-0.05, 0) is 58.0 Å². The highest BCUT2D eigenvalue weighted by Crippen LogP contribution is 2.37. The number of piperidine rings is 1. The first-order valence-electron chi connectivity index (χ1n) is 8.42. The van der Waals surface area contributed by atoms with Crippen molar-refractivity contribution < 1.29 is 0 Å². The molecule has 2 atom stereocenters. The van der Waals surface area contributed by atoms with E-state index < -0.39 is 0 Å². The summed E-state index contributed by atoms with van der Waals surface area (Å²) in [6.45, 7) is 1.07. The summed E-state index contributed by atoms with van der Waals surface area (Å²) in [5.41, 5.74) is 4.18. The molecule has 1 aromatic carbocycles. The zero-order valence-corrected chi connectivity index (χ0v) is 14.7. The van der Waals surface area contributed by atoms with Crippen LogP contribution in [0.5, 0.6) is 0 Å². The maximum Gasteiger partial charge on any atom is 0.106 e. The Labute approximate surface area is 146 Å². The molecule has 2 unspecified atom stereocenters. The highest BCUT2D eigenvalue weighted by molar-refractivity contribution is 9.10. The van der Waals surface area contributed by atoms with Crippen molar-refractivity contribution in [3.63, 3.8) is 0 Å². The summed E-state index contributed by atoms with van der Waals surface area (Å²) in [6, 6.07) is 16.3. The molecule has 1 saturated heterocycles. The number of hydrogen-bond acceptors (Lipinski definition) is 2. The van der Waals surface area contributed by atoms with Gasteiger partial charge >= 0.3 is 0 Å². The van der Waals surface area contributed by atoms with Crippen LogP contribution in [-0.4, -0.2) is 22.0 Å². The van der Waals surface area contributed by atoms with Gasteiger partial charge in [0.25, 0.3) is 0 Å². The van der Waals surface area contributed by atoms with Gasteiger partial charge in [0.05, 0.1) is 0 Å².